The van der Waals surface area contributed by atoms with Gasteiger partial charge in [0.2, 0.25) is 5.91 Å². The number of benzene rings is 2. The number of carbonyl (C=O) groups is 3. The number of anilines is 2. The summed E-state index contributed by atoms with van der Waals surface area (Å²) in [5.41, 5.74) is 3.19. The highest BCUT2D eigenvalue weighted by Gasteiger charge is 2.37. The van der Waals surface area contributed by atoms with E-state index in [-0.39, 0.29) is 18.9 Å². The predicted octanol–water partition coefficient (Wildman–Crippen LogP) is 4.25. The first-order valence-electron chi connectivity index (χ1n) is 9.04. The molecule has 152 valence electrons. The van der Waals surface area contributed by atoms with Crippen LogP contribution in [-0.4, -0.2) is 30.9 Å². The SMILES string of the molecule is Cc1cccc(C)c1N1C[C@@H](C(=O)OCC(=O)Nc2ccc(Br)cc2Cl)CC1=O. The summed E-state index contributed by atoms with van der Waals surface area (Å²) in [6, 6.07) is 10.8. The zero-order valence-corrected chi connectivity index (χ0v) is 18.3. The molecular formula is C21H20BrClN2O4. The molecule has 1 N–H and O–H groups in total. The van der Waals surface area contributed by atoms with Gasteiger partial charge in [0.1, 0.15) is 0 Å². The molecule has 0 bridgehead atoms. The summed E-state index contributed by atoms with van der Waals surface area (Å²) in [6.07, 6.45) is 0.0623. The third-order valence-corrected chi connectivity index (χ3v) is 5.52. The lowest BCUT2D eigenvalue weighted by Gasteiger charge is -2.21. The number of nitrogens with zero attached hydrogens (tertiary/aromatic N) is 1. The number of carbonyl (C=O) groups excluding carboxylic acids is 3. The van der Waals surface area contributed by atoms with Crippen LogP contribution in [0.3, 0.4) is 0 Å². The Morgan fingerprint density at radius 2 is 1.93 bits per heavy atom. The summed E-state index contributed by atoms with van der Waals surface area (Å²) in [4.78, 5) is 38.5. The molecule has 1 saturated heterocycles. The van der Waals surface area contributed by atoms with Crippen molar-refractivity contribution in [3.8, 4) is 0 Å². The molecule has 0 saturated carbocycles. The summed E-state index contributed by atoms with van der Waals surface area (Å²) in [5, 5.41) is 2.96. The van der Waals surface area contributed by atoms with Crippen LogP contribution in [0.5, 0.6) is 0 Å². The Balaban J connectivity index is 1.57. The van der Waals surface area contributed by atoms with Gasteiger partial charge in [0.05, 0.1) is 16.6 Å². The summed E-state index contributed by atoms with van der Waals surface area (Å²) >= 11 is 9.35. The lowest BCUT2D eigenvalue weighted by molar-refractivity contribution is -0.151. The van der Waals surface area contributed by atoms with E-state index in [9.17, 15) is 14.4 Å². The Morgan fingerprint density at radius 3 is 2.59 bits per heavy atom. The number of aryl methyl sites for hydroxylation is 2. The van der Waals surface area contributed by atoms with E-state index >= 15 is 0 Å². The van der Waals surface area contributed by atoms with Crippen molar-refractivity contribution in [3.63, 3.8) is 0 Å². The van der Waals surface area contributed by atoms with Gasteiger partial charge in [0.15, 0.2) is 6.61 Å². The van der Waals surface area contributed by atoms with Gasteiger partial charge in [-0.05, 0) is 43.2 Å². The summed E-state index contributed by atoms with van der Waals surface area (Å²) in [6.45, 7) is 3.65. The second kappa shape index (κ2) is 8.97. The lowest BCUT2D eigenvalue weighted by Crippen LogP contribution is -2.29. The Hall–Kier alpha value is -2.38. The van der Waals surface area contributed by atoms with Crippen LogP contribution in [0.15, 0.2) is 40.9 Å². The predicted molar refractivity (Wildman–Crippen MR) is 115 cm³/mol. The van der Waals surface area contributed by atoms with Crippen molar-refractivity contribution in [3.05, 3.63) is 57.0 Å². The van der Waals surface area contributed by atoms with Gasteiger partial charge in [-0.2, -0.15) is 0 Å². The van der Waals surface area contributed by atoms with E-state index in [1.165, 1.54) is 0 Å². The van der Waals surface area contributed by atoms with E-state index in [0.717, 1.165) is 21.3 Å². The smallest absolute Gasteiger partial charge is 0.311 e. The Labute approximate surface area is 182 Å². The third-order valence-electron chi connectivity index (χ3n) is 4.72. The van der Waals surface area contributed by atoms with Crippen LogP contribution >= 0.6 is 27.5 Å². The molecule has 6 nitrogen and oxygen atoms in total. The molecule has 0 unspecified atom stereocenters. The van der Waals surface area contributed by atoms with E-state index < -0.39 is 24.4 Å². The average Bonchev–Trinajstić information content (AvgIpc) is 3.03. The van der Waals surface area contributed by atoms with Gasteiger partial charge in [-0.15, -0.1) is 0 Å². The molecule has 8 heteroatoms. The van der Waals surface area contributed by atoms with E-state index in [1.807, 2.05) is 32.0 Å². The third kappa shape index (κ3) is 4.97. The molecule has 2 aromatic carbocycles. The first kappa shape index (κ1) is 21.3. The zero-order valence-electron chi connectivity index (χ0n) is 16.0. The van der Waals surface area contributed by atoms with Crippen LogP contribution in [-0.2, 0) is 19.1 Å². The van der Waals surface area contributed by atoms with Gasteiger partial charge in [-0.1, -0.05) is 45.7 Å². The highest BCUT2D eigenvalue weighted by atomic mass is 79.9. The number of para-hydroxylation sites is 1. The molecule has 1 atom stereocenters. The van der Waals surface area contributed by atoms with E-state index in [4.69, 9.17) is 16.3 Å². The van der Waals surface area contributed by atoms with Gasteiger partial charge in [0.25, 0.3) is 5.91 Å². The highest BCUT2D eigenvalue weighted by Crippen LogP contribution is 2.31. The van der Waals surface area contributed by atoms with Gasteiger partial charge >= 0.3 is 5.97 Å². The largest absolute Gasteiger partial charge is 0.455 e. The topological polar surface area (TPSA) is 75.7 Å². The summed E-state index contributed by atoms with van der Waals surface area (Å²) in [5.74, 6) is -1.80. The maximum atomic E-state index is 12.5. The molecule has 2 aromatic rings. The molecule has 0 spiro atoms. The van der Waals surface area contributed by atoms with Gasteiger partial charge in [-0.25, -0.2) is 0 Å². The molecule has 0 radical (unpaired) electrons. The van der Waals surface area contributed by atoms with Crippen LogP contribution in [0.2, 0.25) is 5.02 Å². The molecule has 2 amide bonds. The van der Waals surface area contributed by atoms with E-state index in [0.29, 0.717) is 10.7 Å². The molecule has 1 fully saturated rings. The number of nitrogens with one attached hydrogen (secondary N) is 1. The molecule has 1 aliphatic heterocycles. The monoisotopic (exact) mass is 478 g/mol. The maximum Gasteiger partial charge on any atom is 0.311 e. The number of halogens is 2. The van der Waals surface area contributed by atoms with Crippen LogP contribution in [0.1, 0.15) is 17.5 Å². The first-order chi connectivity index (χ1) is 13.8. The average molecular weight is 480 g/mol. The Bertz CT molecular complexity index is 959. The van der Waals surface area contributed by atoms with Crippen LogP contribution in [0.25, 0.3) is 0 Å². The highest BCUT2D eigenvalue weighted by molar-refractivity contribution is 9.10. The van der Waals surface area contributed by atoms with Gasteiger partial charge in [-0.3, -0.25) is 14.4 Å². The normalized spacial score (nSPS) is 16.1. The minimum Gasteiger partial charge on any atom is -0.455 e. The first-order valence-corrected chi connectivity index (χ1v) is 10.2. The molecule has 3 rings (SSSR count). The number of hydrogen-bond donors (Lipinski definition) is 1. The van der Waals surface area contributed by atoms with Crippen LogP contribution < -0.4 is 10.2 Å². The fraction of sp³-hybridized carbons (Fsp3) is 0.286. The van der Waals surface area contributed by atoms with Crippen molar-refractivity contribution < 1.29 is 19.1 Å². The Morgan fingerprint density at radius 1 is 1.24 bits per heavy atom. The van der Waals surface area contributed by atoms with Gasteiger partial charge < -0.3 is 15.0 Å². The lowest BCUT2D eigenvalue weighted by atomic mass is 10.1. The Kier molecular flexibility index (Phi) is 6.59. The number of esters is 1. The van der Waals surface area contributed by atoms with Crippen molar-refractivity contribution in [2.75, 3.05) is 23.4 Å². The van der Waals surface area contributed by atoms with Gasteiger partial charge in [0, 0.05) is 23.1 Å². The molecular weight excluding hydrogens is 460 g/mol. The quantitative estimate of drug-likeness (QED) is 0.651. The molecule has 29 heavy (non-hydrogen) atoms. The maximum absolute atomic E-state index is 12.5. The second-order valence-corrected chi connectivity index (χ2v) is 8.25. The molecule has 0 aromatic heterocycles. The number of amides is 2. The van der Waals surface area contributed by atoms with E-state index in [2.05, 4.69) is 21.2 Å². The molecule has 0 aliphatic carbocycles. The van der Waals surface area contributed by atoms with Crippen molar-refractivity contribution in [2.45, 2.75) is 20.3 Å². The number of ether oxygens (including phenoxy) is 1. The minimum absolute atomic E-state index is 0.0623. The van der Waals surface area contributed by atoms with Crippen molar-refractivity contribution >= 4 is 56.7 Å². The summed E-state index contributed by atoms with van der Waals surface area (Å²) < 4.78 is 5.92. The van der Waals surface area contributed by atoms with Crippen LogP contribution in [0, 0.1) is 19.8 Å². The zero-order chi connectivity index (χ0) is 21.1. The second-order valence-electron chi connectivity index (χ2n) is 6.93. The van der Waals surface area contributed by atoms with Crippen molar-refractivity contribution in [1.82, 2.24) is 0 Å². The fourth-order valence-electron chi connectivity index (χ4n) is 3.34. The van der Waals surface area contributed by atoms with Crippen LogP contribution in [0.4, 0.5) is 11.4 Å². The standard InChI is InChI=1S/C21H20BrClN2O4/c1-12-4-3-5-13(2)20(12)25-10-14(8-19(25)27)21(28)29-11-18(26)24-17-7-6-15(22)9-16(17)23/h3-7,9,14H,8,10-11H2,1-2H3,(H,24,26)/t14-/m0/s1. The minimum atomic E-state index is -0.606. The fourth-order valence-corrected chi connectivity index (χ4v) is 4.07. The summed E-state index contributed by atoms with van der Waals surface area (Å²) in [7, 11) is 0. The van der Waals surface area contributed by atoms with Crippen molar-refractivity contribution in [2.24, 2.45) is 5.92 Å². The van der Waals surface area contributed by atoms with E-state index in [1.54, 1.807) is 23.1 Å². The molecule has 1 aliphatic rings. The number of hydrogen-bond acceptors (Lipinski definition) is 4. The van der Waals surface area contributed by atoms with Crippen molar-refractivity contribution in [1.29, 1.82) is 0 Å². The molecule has 1 heterocycles. The number of rotatable bonds is 5.